The van der Waals surface area contributed by atoms with Gasteiger partial charge < -0.3 is 0 Å². The number of alkyl halides is 1. The maximum Gasteiger partial charge on any atom is 0.130 e. The lowest BCUT2D eigenvalue weighted by Gasteiger charge is -2.11. The van der Waals surface area contributed by atoms with Gasteiger partial charge in [-0.25, -0.2) is 8.78 Å². The summed E-state index contributed by atoms with van der Waals surface area (Å²) in [5, 5.41) is 0. The van der Waals surface area contributed by atoms with Gasteiger partial charge in [0.05, 0.1) is 0 Å². The molecule has 0 aromatic heterocycles. The zero-order valence-electron chi connectivity index (χ0n) is 9.34. The van der Waals surface area contributed by atoms with Crippen LogP contribution in [0.1, 0.15) is 16.0 Å². The van der Waals surface area contributed by atoms with Crippen LogP contribution in [0.5, 0.6) is 0 Å². The fourth-order valence-electron chi connectivity index (χ4n) is 1.74. The van der Waals surface area contributed by atoms with Crippen LogP contribution in [0.2, 0.25) is 0 Å². The zero-order valence-corrected chi connectivity index (χ0v) is 12.5. The van der Waals surface area contributed by atoms with Gasteiger partial charge in [-0.05, 0) is 30.2 Å². The lowest BCUT2D eigenvalue weighted by Crippen LogP contribution is -1.99. The molecule has 0 fully saturated rings. The van der Waals surface area contributed by atoms with E-state index in [0.29, 0.717) is 12.0 Å². The molecule has 0 nitrogen and oxygen atoms in total. The summed E-state index contributed by atoms with van der Waals surface area (Å²) in [5.41, 5.74) is 1.55. The van der Waals surface area contributed by atoms with Crippen molar-refractivity contribution in [3.63, 3.8) is 0 Å². The van der Waals surface area contributed by atoms with Crippen molar-refractivity contribution in [2.45, 2.75) is 11.2 Å². The largest absolute Gasteiger partial charge is 0.207 e. The first-order valence-corrected chi connectivity index (χ1v) is 7.10. The van der Waals surface area contributed by atoms with Gasteiger partial charge in [-0.15, -0.1) is 0 Å². The minimum atomic E-state index is -0.557. The monoisotopic (exact) mass is 374 g/mol. The Hall–Kier alpha value is -0.740. The summed E-state index contributed by atoms with van der Waals surface area (Å²) in [6, 6.07) is 11.5. The second kappa shape index (κ2) is 5.93. The maximum atomic E-state index is 13.6. The van der Waals surface area contributed by atoms with Crippen LogP contribution >= 0.6 is 31.9 Å². The van der Waals surface area contributed by atoms with Crippen molar-refractivity contribution < 1.29 is 8.78 Å². The minimum Gasteiger partial charge on any atom is -0.207 e. The van der Waals surface area contributed by atoms with E-state index >= 15 is 0 Å². The van der Waals surface area contributed by atoms with Crippen LogP contribution in [-0.4, -0.2) is 0 Å². The van der Waals surface area contributed by atoms with Gasteiger partial charge in [0.1, 0.15) is 11.6 Å². The van der Waals surface area contributed by atoms with Gasteiger partial charge in [0.15, 0.2) is 0 Å². The Labute approximate surface area is 121 Å². The number of hydrogen-bond acceptors (Lipinski definition) is 0. The molecule has 4 heteroatoms. The van der Waals surface area contributed by atoms with Crippen molar-refractivity contribution in [1.82, 2.24) is 0 Å². The summed E-state index contributed by atoms with van der Waals surface area (Å²) in [4.78, 5) is -0.174. The molecule has 0 aliphatic rings. The van der Waals surface area contributed by atoms with Crippen LogP contribution in [-0.2, 0) is 6.42 Å². The Balaban J connectivity index is 2.19. The molecule has 0 saturated heterocycles. The Kier molecular flexibility index (Phi) is 4.51. The van der Waals surface area contributed by atoms with Crippen molar-refractivity contribution in [2.75, 3.05) is 0 Å². The fraction of sp³-hybridized carbons (Fsp3) is 0.143. The lowest BCUT2D eigenvalue weighted by molar-refractivity contribution is 0.571. The molecule has 0 spiro atoms. The third-order valence-corrected chi connectivity index (χ3v) is 3.91. The molecule has 0 aliphatic carbocycles. The van der Waals surface area contributed by atoms with Crippen LogP contribution in [0.15, 0.2) is 46.9 Å². The molecule has 2 rings (SSSR count). The van der Waals surface area contributed by atoms with Gasteiger partial charge in [0.25, 0.3) is 0 Å². The minimum absolute atomic E-state index is 0.174. The van der Waals surface area contributed by atoms with E-state index in [0.717, 1.165) is 16.1 Å². The standard InChI is InChI=1S/C14H10Br2F2/c15-10-3-1-2-9(6-10)7-13(16)12-5-4-11(17)8-14(12)18/h1-6,8,13H,7H2. The van der Waals surface area contributed by atoms with Gasteiger partial charge in [0.2, 0.25) is 0 Å². The quantitative estimate of drug-likeness (QED) is 0.629. The molecular weight excluding hydrogens is 366 g/mol. The molecule has 0 saturated carbocycles. The second-order valence-corrected chi connectivity index (χ2v) is 5.99. The normalized spacial score (nSPS) is 12.4. The molecule has 2 aromatic rings. The Morgan fingerprint density at radius 3 is 2.50 bits per heavy atom. The number of benzene rings is 2. The highest BCUT2D eigenvalue weighted by atomic mass is 79.9. The van der Waals surface area contributed by atoms with Gasteiger partial charge in [-0.3, -0.25) is 0 Å². The Bertz CT molecular complexity index is 555. The van der Waals surface area contributed by atoms with Gasteiger partial charge in [0, 0.05) is 20.9 Å². The van der Waals surface area contributed by atoms with E-state index in [2.05, 4.69) is 31.9 Å². The summed E-state index contributed by atoms with van der Waals surface area (Å²) >= 11 is 6.84. The smallest absolute Gasteiger partial charge is 0.130 e. The molecule has 0 aliphatic heterocycles. The van der Waals surface area contributed by atoms with Crippen molar-refractivity contribution in [3.8, 4) is 0 Å². The van der Waals surface area contributed by atoms with Crippen LogP contribution in [0.4, 0.5) is 8.78 Å². The molecular formula is C14H10Br2F2. The highest BCUT2D eigenvalue weighted by molar-refractivity contribution is 9.10. The number of halogens is 4. The van der Waals surface area contributed by atoms with E-state index in [1.165, 1.54) is 12.1 Å². The molecule has 1 unspecified atom stereocenters. The lowest BCUT2D eigenvalue weighted by atomic mass is 10.0. The van der Waals surface area contributed by atoms with Crippen LogP contribution in [0, 0.1) is 11.6 Å². The average Bonchev–Trinajstić information content (AvgIpc) is 2.28. The van der Waals surface area contributed by atoms with Crippen molar-refractivity contribution in [2.24, 2.45) is 0 Å². The van der Waals surface area contributed by atoms with Crippen molar-refractivity contribution >= 4 is 31.9 Å². The van der Waals surface area contributed by atoms with Crippen molar-refractivity contribution in [3.05, 3.63) is 69.7 Å². The summed E-state index contributed by atoms with van der Waals surface area (Å²) in [6.07, 6.45) is 0.641. The summed E-state index contributed by atoms with van der Waals surface area (Å²) in [7, 11) is 0. The zero-order chi connectivity index (χ0) is 13.1. The molecule has 0 heterocycles. The SMILES string of the molecule is Fc1ccc(C(Br)Cc2cccc(Br)c2)c(F)c1. The molecule has 0 bridgehead atoms. The first kappa shape index (κ1) is 13.7. The average molecular weight is 376 g/mol. The van der Waals surface area contributed by atoms with E-state index in [-0.39, 0.29) is 4.83 Å². The van der Waals surface area contributed by atoms with E-state index in [9.17, 15) is 8.78 Å². The number of rotatable bonds is 3. The van der Waals surface area contributed by atoms with E-state index in [4.69, 9.17) is 0 Å². The van der Waals surface area contributed by atoms with Crippen LogP contribution in [0.25, 0.3) is 0 Å². The van der Waals surface area contributed by atoms with Gasteiger partial charge >= 0.3 is 0 Å². The molecule has 94 valence electrons. The van der Waals surface area contributed by atoms with Crippen LogP contribution < -0.4 is 0 Å². The first-order valence-electron chi connectivity index (χ1n) is 5.40. The fourth-order valence-corrected chi connectivity index (χ4v) is 2.93. The second-order valence-electron chi connectivity index (χ2n) is 3.97. The highest BCUT2D eigenvalue weighted by Gasteiger charge is 2.14. The maximum absolute atomic E-state index is 13.6. The number of hydrogen-bond donors (Lipinski definition) is 0. The van der Waals surface area contributed by atoms with E-state index in [1.807, 2.05) is 24.3 Å². The van der Waals surface area contributed by atoms with E-state index < -0.39 is 11.6 Å². The molecule has 1 atom stereocenters. The Morgan fingerprint density at radius 1 is 1.06 bits per heavy atom. The summed E-state index contributed by atoms with van der Waals surface area (Å²) in [6.45, 7) is 0. The summed E-state index contributed by atoms with van der Waals surface area (Å²) in [5.74, 6) is -1.08. The molecule has 0 radical (unpaired) electrons. The predicted molar refractivity (Wildman–Crippen MR) is 75.9 cm³/mol. The van der Waals surface area contributed by atoms with Crippen molar-refractivity contribution in [1.29, 1.82) is 0 Å². The van der Waals surface area contributed by atoms with Gasteiger partial charge in [-0.1, -0.05) is 50.1 Å². The summed E-state index contributed by atoms with van der Waals surface area (Å²) < 4.78 is 27.4. The van der Waals surface area contributed by atoms with Crippen LogP contribution in [0.3, 0.4) is 0 Å². The molecule has 0 N–H and O–H groups in total. The molecule has 0 amide bonds. The van der Waals surface area contributed by atoms with Gasteiger partial charge in [-0.2, -0.15) is 0 Å². The highest BCUT2D eigenvalue weighted by Crippen LogP contribution is 2.30. The Morgan fingerprint density at radius 2 is 1.83 bits per heavy atom. The predicted octanol–water partition coefficient (Wildman–Crippen LogP) is 5.41. The molecule has 2 aromatic carbocycles. The third-order valence-electron chi connectivity index (χ3n) is 2.60. The third kappa shape index (κ3) is 3.39. The molecule has 18 heavy (non-hydrogen) atoms. The van der Waals surface area contributed by atoms with E-state index in [1.54, 1.807) is 0 Å². The topological polar surface area (TPSA) is 0 Å². The first-order chi connectivity index (χ1) is 8.56.